The number of hydrogen-bond acceptors (Lipinski definition) is 6. The lowest BCUT2D eigenvalue weighted by Gasteiger charge is -2.28. The average Bonchev–Trinajstić information content (AvgIpc) is 2.86. The number of aromatic nitrogens is 1. The number of nitrogens with zero attached hydrogens (tertiary/aromatic N) is 2. The summed E-state index contributed by atoms with van der Waals surface area (Å²) in [6.07, 6.45) is 10.0. The first-order valence-corrected chi connectivity index (χ1v) is 11.3. The largest absolute Gasteiger partial charge is 0.423 e. The molecule has 0 bridgehead atoms. The monoisotopic (exact) mass is 493 g/mol. The zero-order valence-corrected chi connectivity index (χ0v) is 19.3. The van der Waals surface area contributed by atoms with Gasteiger partial charge in [-0.1, -0.05) is 19.3 Å². The molecule has 1 saturated heterocycles. The maximum Gasteiger partial charge on any atom is 0.423 e. The van der Waals surface area contributed by atoms with Crippen molar-refractivity contribution in [2.45, 2.75) is 44.3 Å². The number of aromatic amines is 1. The van der Waals surface area contributed by atoms with Crippen LogP contribution in [-0.4, -0.2) is 42.1 Å². The first-order valence-electron chi connectivity index (χ1n) is 11.3. The molecule has 11 heteroatoms. The maximum absolute atomic E-state index is 12.8. The lowest BCUT2D eigenvalue weighted by molar-refractivity contribution is -0.388. The molecule has 1 saturated carbocycles. The van der Waals surface area contributed by atoms with Gasteiger partial charge in [-0.2, -0.15) is 13.2 Å². The van der Waals surface area contributed by atoms with Crippen molar-refractivity contribution in [1.82, 2.24) is 10.3 Å². The number of terminal acetylenes is 1. The molecular weight excluding hydrogens is 463 g/mol. The Morgan fingerprint density at radius 1 is 1.06 bits per heavy atom. The number of benzene rings is 1. The second-order valence-corrected chi connectivity index (χ2v) is 8.11. The Morgan fingerprint density at radius 2 is 1.71 bits per heavy atom. The molecule has 1 aliphatic heterocycles. The van der Waals surface area contributed by atoms with Gasteiger partial charge >= 0.3 is 6.18 Å². The molecule has 2 aliphatic rings. The number of pyridine rings is 1. The number of H-pyrrole nitrogens is 1. The summed E-state index contributed by atoms with van der Waals surface area (Å²) in [6.45, 7) is 3.88. The van der Waals surface area contributed by atoms with Crippen LogP contribution < -0.4 is 21.0 Å². The molecule has 4 rings (SSSR count). The highest BCUT2D eigenvalue weighted by Crippen LogP contribution is 2.38. The van der Waals surface area contributed by atoms with Crippen LogP contribution in [0.25, 0.3) is 0 Å². The highest BCUT2D eigenvalue weighted by Gasteiger charge is 2.38. The van der Waals surface area contributed by atoms with Crippen molar-refractivity contribution < 1.29 is 18.1 Å². The number of rotatable bonds is 4. The van der Waals surface area contributed by atoms with Crippen molar-refractivity contribution in [3.05, 3.63) is 62.4 Å². The molecule has 3 N–H and O–H groups in total. The predicted molar refractivity (Wildman–Crippen MR) is 131 cm³/mol. The summed E-state index contributed by atoms with van der Waals surface area (Å²) in [6, 6.07) is 6.39. The Balaban J connectivity index is 0.000000248. The molecule has 190 valence electrons. The van der Waals surface area contributed by atoms with E-state index in [1.54, 1.807) is 12.3 Å². The van der Waals surface area contributed by atoms with Gasteiger partial charge < -0.3 is 20.5 Å². The van der Waals surface area contributed by atoms with Crippen LogP contribution in [0.4, 0.5) is 30.4 Å². The van der Waals surface area contributed by atoms with Gasteiger partial charge in [-0.15, -0.1) is 12.8 Å². The summed E-state index contributed by atoms with van der Waals surface area (Å²) in [7, 11) is 0. The van der Waals surface area contributed by atoms with Gasteiger partial charge in [-0.05, 0) is 25.0 Å². The first-order chi connectivity index (χ1) is 16.7. The van der Waals surface area contributed by atoms with Crippen LogP contribution in [0.5, 0.6) is 0 Å². The minimum absolute atomic E-state index is 0.0623. The average molecular weight is 494 g/mol. The lowest BCUT2D eigenvalue weighted by Crippen LogP contribution is -2.44. The Labute approximate surface area is 202 Å². The molecule has 2 fully saturated rings. The van der Waals surface area contributed by atoms with E-state index in [9.17, 15) is 28.1 Å². The zero-order valence-electron chi connectivity index (χ0n) is 19.3. The Bertz CT molecular complexity index is 1030. The van der Waals surface area contributed by atoms with Crippen molar-refractivity contribution >= 4 is 17.2 Å². The standard InChI is InChI=1S/C13H15F3N2O2.C9H13N3O.C2H2/c14-13(15,16)11-8-10(6-7-12(11)18(19)20)17-9-4-2-1-3-5-9;13-8-1-2-11-9(7-8)12-5-3-10-4-6-12;1-2/h6-9,17H,1-5H2;1-2,7,10H,3-6H2,(H,11,13);1-2H. The molecule has 1 aromatic heterocycles. The Morgan fingerprint density at radius 3 is 2.29 bits per heavy atom. The number of nitrogens with one attached hydrogen (secondary N) is 3. The third-order valence-electron chi connectivity index (χ3n) is 5.69. The van der Waals surface area contributed by atoms with E-state index >= 15 is 0 Å². The van der Waals surface area contributed by atoms with Crippen molar-refractivity contribution in [3.63, 3.8) is 0 Å². The number of nitro benzene ring substituents is 1. The Hall–Kier alpha value is -3.52. The van der Waals surface area contributed by atoms with E-state index in [0.717, 1.165) is 76.2 Å². The van der Waals surface area contributed by atoms with Crippen LogP contribution in [0.3, 0.4) is 0 Å². The molecule has 8 nitrogen and oxygen atoms in total. The molecule has 0 unspecified atom stereocenters. The summed E-state index contributed by atoms with van der Waals surface area (Å²) in [5.41, 5.74) is -1.77. The summed E-state index contributed by atoms with van der Waals surface area (Å²) in [4.78, 5) is 26.0. The molecule has 1 aromatic carbocycles. The normalized spacial score (nSPS) is 16.2. The van der Waals surface area contributed by atoms with Crippen LogP contribution in [0.15, 0.2) is 41.3 Å². The van der Waals surface area contributed by atoms with E-state index in [4.69, 9.17) is 0 Å². The third-order valence-corrected chi connectivity index (χ3v) is 5.69. The molecule has 0 atom stereocenters. The highest BCUT2D eigenvalue weighted by molar-refractivity contribution is 5.55. The van der Waals surface area contributed by atoms with Crippen LogP contribution in [0.1, 0.15) is 37.7 Å². The van der Waals surface area contributed by atoms with Gasteiger partial charge in [0.15, 0.2) is 5.43 Å². The number of halogens is 3. The van der Waals surface area contributed by atoms with Crippen LogP contribution in [0, 0.1) is 23.0 Å². The summed E-state index contributed by atoms with van der Waals surface area (Å²) < 4.78 is 38.5. The molecule has 2 aromatic rings. The third kappa shape index (κ3) is 8.64. The molecule has 0 spiro atoms. The van der Waals surface area contributed by atoms with Gasteiger partial charge in [0.2, 0.25) is 0 Å². The smallest absolute Gasteiger partial charge is 0.382 e. The van der Waals surface area contributed by atoms with Gasteiger partial charge in [0.25, 0.3) is 5.69 Å². The molecule has 2 heterocycles. The van der Waals surface area contributed by atoms with Crippen molar-refractivity contribution in [3.8, 4) is 12.8 Å². The van der Waals surface area contributed by atoms with Crippen LogP contribution >= 0.6 is 0 Å². The molecule has 0 radical (unpaired) electrons. The highest BCUT2D eigenvalue weighted by atomic mass is 19.4. The zero-order chi connectivity index (χ0) is 25.8. The van der Waals surface area contributed by atoms with Crippen molar-refractivity contribution in [1.29, 1.82) is 0 Å². The number of anilines is 2. The fourth-order valence-corrected chi connectivity index (χ4v) is 4.02. The number of nitro groups is 1. The molecule has 1 aliphatic carbocycles. The number of piperazine rings is 1. The van der Waals surface area contributed by atoms with E-state index in [1.807, 2.05) is 0 Å². The fourth-order valence-electron chi connectivity index (χ4n) is 4.02. The molecule has 0 amide bonds. The van der Waals surface area contributed by atoms with Gasteiger partial charge in [-0.25, -0.2) is 0 Å². The van der Waals surface area contributed by atoms with Gasteiger partial charge in [-0.3, -0.25) is 14.9 Å². The SMILES string of the molecule is C#C.O=[N+]([O-])c1ccc(NC2CCCCC2)cc1C(F)(F)F.O=c1cc[nH]c(N2CCNCC2)c1. The second-order valence-electron chi connectivity index (χ2n) is 8.11. The van der Waals surface area contributed by atoms with E-state index in [2.05, 4.69) is 33.4 Å². The minimum atomic E-state index is -4.73. The van der Waals surface area contributed by atoms with Crippen molar-refractivity contribution in [2.75, 3.05) is 36.4 Å². The van der Waals surface area contributed by atoms with Gasteiger partial charge in [0.05, 0.1) is 4.92 Å². The summed E-state index contributed by atoms with van der Waals surface area (Å²) in [5, 5.41) is 17.0. The lowest BCUT2D eigenvalue weighted by atomic mass is 9.95. The number of alkyl halides is 3. The quantitative estimate of drug-likeness (QED) is 0.332. The van der Waals surface area contributed by atoms with Gasteiger partial charge in [0, 0.05) is 62.3 Å². The van der Waals surface area contributed by atoms with Gasteiger partial charge in [0.1, 0.15) is 11.4 Å². The number of hydrogen-bond donors (Lipinski definition) is 3. The minimum Gasteiger partial charge on any atom is -0.382 e. The van der Waals surface area contributed by atoms with E-state index in [0.29, 0.717) is 0 Å². The van der Waals surface area contributed by atoms with E-state index < -0.39 is 22.4 Å². The van der Waals surface area contributed by atoms with E-state index in [-0.39, 0.29) is 17.2 Å². The summed E-state index contributed by atoms with van der Waals surface area (Å²) >= 11 is 0. The maximum atomic E-state index is 12.8. The first kappa shape index (κ1) is 27.7. The van der Waals surface area contributed by atoms with Crippen LogP contribution in [0.2, 0.25) is 0 Å². The predicted octanol–water partition coefficient (Wildman–Crippen LogP) is 4.39. The molecular formula is C24H30F3N5O3. The summed E-state index contributed by atoms with van der Waals surface area (Å²) in [5.74, 6) is 0.925. The van der Waals surface area contributed by atoms with Crippen molar-refractivity contribution in [2.24, 2.45) is 0 Å². The van der Waals surface area contributed by atoms with E-state index in [1.165, 1.54) is 12.1 Å². The fraction of sp³-hybridized carbons (Fsp3) is 0.458. The molecule has 35 heavy (non-hydrogen) atoms. The van der Waals surface area contributed by atoms with Crippen LogP contribution in [-0.2, 0) is 6.18 Å². The Kier molecular flexibility index (Phi) is 10.6. The topological polar surface area (TPSA) is 103 Å². The second kappa shape index (κ2) is 13.4.